The fourth-order valence-corrected chi connectivity index (χ4v) is 2.88. The summed E-state index contributed by atoms with van der Waals surface area (Å²) in [7, 11) is 1.82. The molecule has 0 aromatic carbocycles. The first-order valence-electron chi connectivity index (χ1n) is 5.56. The van der Waals surface area contributed by atoms with Crippen LogP contribution >= 0.6 is 22.6 Å². The van der Waals surface area contributed by atoms with E-state index in [-0.39, 0.29) is 5.91 Å². The van der Waals surface area contributed by atoms with Crippen LogP contribution in [0.2, 0.25) is 0 Å². The Labute approximate surface area is 109 Å². The molecule has 1 fully saturated rings. The lowest BCUT2D eigenvalue weighted by Crippen LogP contribution is -2.40. The summed E-state index contributed by atoms with van der Waals surface area (Å²) in [6.07, 6.45) is 4.08. The van der Waals surface area contributed by atoms with Crippen molar-refractivity contribution in [3.63, 3.8) is 0 Å². The van der Waals surface area contributed by atoms with Crippen molar-refractivity contribution in [2.24, 2.45) is 13.0 Å². The number of likely N-dealkylation sites (tertiary alicyclic amines) is 1. The third-order valence-electron chi connectivity index (χ3n) is 3.04. The topological polar surface area (TPSA) is 38.1 Å². The molecule has 1 aliphatic heterocycles. The first-order valence-corrected chi connectivity index (χ1v) is 6.64. The molecule has 1 amide bonds. The van der Waals surface area contributed by atoms with Crippen LogP contribution in [0.3, 0.4) is 0 Å². The average molecular weight is 333 g/mol. The van der Waals surface area contributed by atoms with Gasteiger partial charge in [-0.05, 0) is 41.4 Å². The van der Waals surface area contributed by atoms with E-state index in [1.807, 2.05) is 11.9 Å². The molecule has 0 unspecified atom stereocenters. The van der Waals surface area contributed by atoms with Crippen molar-refractivity contribution in [1.29, 1.82) is 0 Å². The van der Waals surface area contributed by atoms with Crippen molar-refractivity contribution < 1.29 is 4.79 Å². The molecule has 1 aromatic heterocycles. The summed E-state index contributed by atoms with van der Waals surface area (Å²) < 4.78 is 2.60. The van der Waals surface area contributed by atoms with Crippen LogP contribution in [0.1, 0.15) is 30.3 Å². The molecule has 0 radical (unpaired) electrons. The van der Waals surface area contributed by atoms with E-state index in [4.69, 9.17) is 0 Å². The highest BCUT2D eigenvalue weighted by Crippen LogP contribution is 2.19. The summed E-state index contributed by atoms with van der Waals surface area (Å²) in [5, 5.41) is 4.11. The molecule has 2 rings (SSSR count). The Hall–Kier alpha value is -0.590. The molecule has 0 bridgehead atoms. The normalized spacial score (nSPS) is 21.2. The van der Waals surface area contributed by atoms with Gasteiger partial charge in [0.05, 0.1) is 9.77 Å². The molecule has 1 atom stereocenters. The molecule has 0 aliphatic carbocycles. The van der Waals surface area contributed by atoms with Gasteiger partial charge in [0.1, 0.15) is 5.69 Å². The van der Waals surface area contributed by atoms with E-state index in [1.165, 1.54) is 6.42 Å². The van der Waals surface area contributed by atoms with Crippen LogP contribution in [0.4, 0.5) is 0 Å². The van der Waals surface area contributed by atoms with Gasteiger partial charge in [0.2, 0.25) is 0 Å². The molecule has 0 spiro atoms. The molecule has 16 heavy (non-hydrogen) atoms. The Morgan fingerprint density at radius 3 is 2.94 bits per heavy atom. The van der Waals surface area contributed by atoms with Gasteiger partial charge in [-0.15, -0.1) is 0 Å². The second kappa shape index (κ2) is 4.73. The molecule has 88 valence electrons. The van der Waals surface area contributed by atoms with E-state index in [9.17, 15) is 4.79 Å². The SMILES string of the molecule is C[C@@H]1CCCN(C(=O)c2c(I)cnn2C)C1. The zero-order valence-corrected chi connectivity index (χ0v) is 11.8. The van der Waals surface area contributed by atoms with Gasteiger partial charge in [-0.2, -0.15) is 5.10 Å². The number of hydrogen-bond donors (Lipinski definition) is 0. The number of halogens is 1. The van der Waals surface area contributed by atoms with Crippen molar-refractivity contribution in [2.45, 2.75) is 19.8 Å². The minimum Gasteiger partial charge on any atom is -0.337 e. The van der Waals surface area contributed by atoms with E-state index >= 15 is 0 Å². The molecule has 4 nitrogen and oxygen atoms in total. The maximum Gasteiger partial charge on any atom is 0.273 e. The maximum absolute atomic E-state index is 12.3. The largest absolute Gasteiger partial charge is 0.337 e. The van der Waals surface area contributed by atoms with Crippen LogP contribution < -0.4 is 0 Å². The highest BCUT2D eigenvalue weighted by atomic mass is 127. The van der Waals surface area contributed by atoms with Gasteiger partial charge in [-0.25, -0.2) is 0 Å². The van der Waals surface area contributed by atoms with Crippen molar-refractivity contribution in [2.75, 3.05) is 13.1 Å². The van der Waals surface area contributed by atoms with E-state index < -0.39 is 0 Å². The van der Waals surface area contributed by atoms with E-state index in [0.717, 1.165) is 28.8 Å². The first kappa shape index (κ1) is 11.9. The summed E-state index contributed by atoms with van der Waals surface area (Å²) in [5.41, 5.74) is 0.717. The Balaban J connectivity index is 2.18. The Kier molecular flexibility index (Phi) is 3.51. The van der Waals surface area contributed by atoms with Gasteiger partial charge >= 0.3 is 0 Å². The zero-order valence-electron chi connectivity index (χ0n) is 9.61. The molecular formula is C11H16IN3O. The average Bonchev–Trinajstić information content (AvgIpc) is 2.58. The fraction of sp³-hybridized carbons (Fsp3) is 0.636. The van der Waals surface area contributed by atoms with Gasteiger partial charge in [-0.1, -0.05) is 6.92 Å². The van der Waals surface area contributed by atoms with E-state index in [2.05, 4.69) is 34.6 Å². The predicted molar refractivity (Wildman–Crippen MR) is 70.2 cm³/mol. The highest BCUT2D eigenvalue weighted by molar-refractivity contribution is 14.1. The molecule has 0 N–H and O–H groups in total. The predicted octanol–water partition coefficient (Wildman–Crippen LogP) is 1.90. The minimum atomic E-state index is 0.121. The number of carbonyl (C=O) groups is 1. The lowest BCUT2D eigenvalue weighted by Gasteiger charge is -2.30. The van der Waals surface area contributed by atoms with E-state index in [0.29, 0.717) is 5.92 Å². The Bertz CT molecular complexity index is 382. The number of aromatic nitrogens is 2. The standard InChI is InChI=1S/C11H16IN3O/c1-8-4-3-5-15(7-8)11(16)10-9(12)6-13-14(10)2/h6,8H,3-5,7H2,1-2H3/t8-/m1/s1. The van der Waals surface area contributed by atoms with Gasteiger partial charge in [-0.3, -0.25) is 9.48 Å². The molecule has 1 saturated heterocycles. The Morgan fingerprint density at radius 1 is 1.62 bits per heavy atom. The number of amides is 1. The summed E-state index contributed by atoms with van der Waals surface area (Å²) in [6, 6.07) is 0. The number of nitrogens with zero attached hydrogens (tertiary/aromatic N) is 3. The van der Waals surface area contributed by atoms with Crippen LogP contribution in [0.15, 0.2) is 6.20 Å². The van der Waals surface area contributed by atoms with Gasteiger partial charge in [0, 0.05) is 20.1 Å². The lowest BCUT2D eigenvalue weighted by atomic mass is 10.00. The third kappa shape index (κ3) is 2.23. The quantitative estimate of drug-likeness (QED) is 0.737. The highest BCUT2D eigenvalue weighted by Gasteiger charge is 2.25. The number of hydrogen-bond acceptors (Lipinski definition) is 2. The maximum atomic E-state index is 12.3. The molecule has 0 saturated carbocycles. The smallest absolute Gasteiger partial charge is 0.273 e. The molecule has 1 aromatic rings. The van der Waals surface area contributed by atoms with E-state index in [1.54, 1.807) is 10.9 Å². The minimum absolute atomic E-state index is 0.121. The number of piperidine rings is 1. The molecule has 2 heterocycles. The van der Waals surface area contributed by atoms with Crippen molar-refractivity contribution in [3.05, 3.63) is 15.5 Å². The van der Waals surface area contributed by atoms with Crippen LogP contribution in [0.25, 0.3) is 0 Å². The van der Waals surface area contributed by atoms with Gasteiger partial charge in [0.15, 0.2) is 0 Å². The molecular weight excluding hydrogens is 317 g/mol. The molecule has 5 heteroatoms. The van der Waals surface area contributed by atoms with Crippen LogP contribution in [-0.2, 0) is 7.05 Å². The van der Waals surface area contributed by atoms with Crippen molar-refractivity contribution in [3.8, 4) is 0 Å². The van der Waals surface area contributed by atoms with Gasteiger partial charge in [0.25, 0.3) is 5.91 Å². The lowest BCUT2D eigenvalue weighted by molar-refractivity contribution is 0.0670. The number of aryl methyl sites for hydroxylation is 1. The number of carbonyl (C=O) groups excluding carboxylic acids is 1. The summed E-state index contributed by atoms with van der Waals surface area (Å²) in [4.78, 5) is 14.3. The second-order valence-electron chi connectivity index (χ2n) is 4.46. The second-order valence-corrected chi connectivity index (χ2v) is 5.63. The number of rotatable bonds is 1. The van der Waals surface area contributed by atoms with Crippen LogP contribution in [0.5, 0.6) is 0 Å². The zero-order chi connectivity index (χ0) is 11.7. The summed E-state index contributed by atoms with van der Waals surface area (Å²) >= 11 is 2.17. The molecule has 1 aliphatic rings. The summed E-state index contributed by atoms with van der Waals surface area (Å²) in [6.45, 7) is 3.96. The van der Waals surface area contributed by atoms with Crippen molar-refractivity contribution >= 4 is 28.5 Å². The fourth-order valence-electron chi connectivity index (χ4n) is 2.17. The third-order valence-corrected chi connectivity index (χ3v) is 3.83. The van der Waals surface area contributed by atoms with Crippen LogP contribution in [0, 0.1) is 9.49 Å². The van der Waals surface area contributed by atoms with Gasteiger partial charge < -0.3 is 4.90 Å². The first-order chi connectivity index (χ1) is 7.59. The van der Waals surface area contributed by atoms with Crippen molar-refractivity contribution in [1.82, 2.24) is 14.7 Å². The monoisotopic (exact) mass is 333 g/mol. The summed E-state index contributed by atoms with van der Waals surface area (Å²) in [5.74, 6) is 0.736. The van der Waals surface area contributed by atoms with Crippen LogP contribution in [-0.4, -0.2) is 33.7 Å². The Morgan fingerprint density at radius 2 is 2.38 bits per heavy atom.